The van der Waals surface area contributed by atoms with Crippen LogP contribution in [0.25, 0.3) is 11.0 Å². The Bertz CT molecular complexity index is 1030. The van der Waals surface area contributed by atoms with Crippen LogP contribution >= 0.6 is 0 Å². The first kappa shape index (κ1) is 17.3. The van der Waals surface area contributed by atoms with Crippen LogP contribution in [0.15, 0.2) is 52.9 Å². The molecule has 0 saturated heterocycles. The van der Waals surface area contributed by atoms with E-state index in [0.29, 0.717) is 11.0 Å². The van der Waals surface area contributed by atoms with Crippen molar-refractivity contribution >= 4 is 28.3 Å². The van der Waals surface area contributed by atoms with Crippen molar-refractivity contribution in [1.29, 1.82) is 0 Å². The van der Waals surface area contributed by atoms with Gasteiger partial charge in [0.05, 0.1) is 11.3 Å². The summed E-state index contributed by atoms with van der Waals surface area (Å²) in [6.45, 7) is 0. The number of Topliss-reactive ketones (excluding diaryl/α,β-unsaturated/α-hetero) is 1. The van der Waals surface area contributed by atoms with Crippen LogP contribution in [0, 0.1) is 5.92 Å². The van der Waals surface area contributed by atoms with Crippen molar-refractivity contribution in [2.45, 2.75) is 19.0 Å². The smallest absolute Gasteiger partial charge is 0.416 e. The van der Waals surface area contributed by atoms with Crippen LogP contribution < -0.4 is 5.32 Å². The molecule has 3 aromatic rings. The maximum absolute atomic E-state index is 12.7. The number of anilines is 1. The number of fused-ring (bicyclic) bond motifs is 1. The van der Waals surface area contributed by atoms with Gasteiger partial charge in [0.15, 0.2) is 5.76 Å². The van der Waals surface area contributed by atoms with Gasteiger partial charge < -0.3 is 9.73 Å². The zero-order valence-corrected chi connectivity index (χ0v) is 14.0. The Morgan fingerprint density at radius 2 is 1.67 bits per heavy atom. The molecule has 1 aromatic heterocycles. The number of hydrogen-bond acceptors (Lipinski definition) is 3. The summed E-state index contributed by atoms with van der Waals surface area (Å²) in [5.41, 5.74) is -0.0628. The summed E-state index contributed by atoms with van der Waals surface area (Å²) in [7, 11) is 0. The Kier molecular flexibility index (Phi) is 4.02. The van der Waals surface area contributed by atoms with E-state index in [1.54, 1.807) is 24.3 Å². The van der Waals surface area contributed by atoms with E-state index in [9.17, 15) is 22.8 Å². The fraction of sp³-hybridized carbons (Fsp3) is 0.200. The summed E-state index contributed by atoms with van der Waals surface area (Å²) < 4.78 is 43.7. The first-order chi connectivity index (χ1) is 12.8. The van der Waals surface area contributed by atoms with Crippen LogP contribution in [0.3, 0.4) is 0 Å². The van der Waals surface area contributed by atoms with Gasteiger partial charge in [0, 0.05) is 16.9 Å². The fourth-order valence-electron chi connectivity index (χ4n) is 2.87. The molecule has 0 bridgehead atoms. The molecule has 138 valence electrons. The number of nitrogens with one attached hydrogen (secondary N) is 1. The molecule has 1 aliphatic carbocycles. The number of para-hydroxylation sites is 1. The van der Waals surface area contributed by atoms with E-state index in [0.717, 1.165) is 37.1 Å². The minimum atomic E-state index is -4.47. The summed E-state index contributed by atoms with van der Waals surface area (Å²) in [6.07, 6.45) is -2.91. The van der Waals surface area contributed by atoms with Crippen molar-refractivity contribution in [3.05, 3.63) is 65.4 Å². The number of carbonyl (C=O) groups excluding carboxylic acids is 2. The summed E-state index contributed by atoms with van der Waals surface area (Å²) >= 11 is 0. The van der Waals surface area contributed by atoms with Gasteiger partial charge >= 0.3 is 6.18 Å². The highest BCUT2D eigenvalue weighted by molar-refractivity contribution is 6.15. The average molecular weight is 373 g/mol. The second-order valence-electron chi connectivity index (χ2n) is 6.47. The molecule has 4 nitrogen and oxygen atoms in total. The van der Waals surface area contributed by atoms with Crippen LogP contribution in [0.1, 0.15) is 39.3 Å². The van der Waals surface area contributed by atoms with Gasteiger partial charge in [0.2, 0.25) is 5.78 Å². The predicted molar refractivity (Wildman–Crippen MR) is 92.7 cm³/mol. The summed E-state index contributed by atoms with van der Waals surface area (Å²) in [5, 5.41) is 3.21. The molecular weight excluding hydrogens is 359 g/mol. The van der Waals surface area contributed by atoms with Crippen molar-refractivity contribution in [2.75, 3.05) is 5.32 Å². The number of amides is 1. The van der Waals surface area contributed by atoms with Crippen molar-refractivity contribution in [3.8, 4) is 0 Å². The van der Waals surface area contributed by atoms with Gasteiger partial charge in [-0.1, -0.05) is 12.1 Å². The molecule has 1 N–H and O–H groups in total. The second-order valence-corrected chi connectivity index (χ2v) is 6.47. The zero-order chi connectivity index (χ0) is 19.2. The first-order valence-electron chi connectivity index (χ1n) is 8.39. The van der Waals surface area contributed by atoms with Crippen molar-refractivity contribution in [1.82, 2.24) is 0 Å². The van der Waals surface area contributed by atoms with E-state index >= 15 is 0 Å². The molecule has 1 amide bonds. The lowest BCUT2D eigenvalue weighted by atomic mass is 10.1. The molecule has 2 aromatic carbocycles. The van der Waals surface area contributed by atoms with Crippen molar-refractivity contribution < 1.29 is 27.2 Å². The van der Waals surface area contributed by atoms with Gasteiger partial charge in [-0.3, -0.25) is 9.59 Å². The maximum atomic E-state index is 12.7. The number of furan rings is 1. The van der Waals surface area contributed by atoms with Gasteiger partial charge in [-0.2, -0.15) is 13.2 Å². The molecule has 0 radical (unpaired) electrons. The van der Waals surface area contributed by atoms with Gasteiger partial charge in [-0.25, -0.2) is 0 Å². The molecule has 0 unspecified atom stereocenters. The third-order valence-electron chi connectivity index (χ3n) is 4.48. The van der Waals surface area contributed by atoms with E-state index in [4.69, 9.17) is 4.42 Å². The van der Waals surface area contributed by atoms with Crippen molar-refractivity contribution in [2.24, 2.45) is 5.92 Å². The molecule has 1 aliphatic rings. The normalized spacial score (nSPS) is 14.3. The van der Waals surface area contributed by atoms with Crippen LogP contribution in [0.5, 0.6) is 0 Å². The highest BCUT2D eigenvalue weighted by atomic mass is 19.4. The molecule has 4 rings (SSSR count). The Labute approximate surface area is 152 Å². The predicted octanol–water partition coefficient (Wildman–Crippen LogP) is 5.30. The molecule has 0 spiro atoms. The lowest BCUT2D eigenvalue weighted by Crippen LogP contribution is -2.15. The first-order valence-corrected chi connectivity index (χ1v) is 8.39. The standard InChI is InChI=1S/C20H14F3NO3/c21-20(22,23)13-9-7-12(8-10-13)19(26)24-16-14-3-1-2-4-15(14)27-18(16)17(25)11-5-6-11/h1-4,7-11H,5-6H2,(H,24,26). The third-order valence-corrected chi connectivity index (χ3v) is 4.48. The van der Waals surface area contributed by atoms with Gasteiger partial charge in [-0.15, -0.1) is 0 Å². The Hall–Kier alpha value is -3.09. The van der Waals surface area contributed by atoms with Crippen molar-refractivity contribution in [3.63, 3.8) is 0 Å². The number of alkyl halides is 3. The average Bonchev–Trinajstić information content (AvgIpc) is 3.43. The number of benzene rings is 2. The third kappa shape index (κ3) is 3.32. The maximum Gasteiger partial charge on any atom is 0.416 e. The molecule has 1 heterocycles. The zero-order valence-electron chi connectivity index (χ0n) is 14.0. The molecular formula is C20H14F3NO3. The van der Waals surface area contributed by atoms with E-state index in [-0.39, 0.29) is 28.7 Å². The summed E-state index contributed by atoms with van der Waals surface area (Å²) in [6, 6.07) is 10.8. The minimum absolute atomic E-state index is 0.0538. The van der Waals surface area contributed by atoms with Crippen LogP contribution in [-0.2, 0) is 6.18 Å². The monoisotopic (exact) mass is 373 g/mol. The molecule has 1 fully saturated rings. The number of hydrogen-bond donors (Lipinski definition) is 1. The largest absolute Gasteiger partial charge is 0.451 e. The number of rotatable bonds is 4. The number of carbonyl (C=O) groups is 2. The molecule has 27 heavy (non-hydrogen) atoms. The lowest BCUT2D eigenvalue weighted by Gasteiger charge is -2.08. The Balaban J connectivity index is 1.67. The van der Waals surface area contributed by atoms with E-state index in [1.807, 2.05) is 0 Å². The van der Waals surface area contributed by atoms with Gasteiger partial charge in [-0.05, 0) is 49.2 Å². The molecule has 0 atom stereocenters. The number of ketones is 1. The number of halogens is 3. The fourth-order valence-corrected chi connectivity index (χ4v) is 2.87. The van der Waals surface area contributed by atoms with E-state index in [2.05, 4.69) is 5.32 Å². The Morgan fingerprint density at radius 3 is 2.30 bits per heavy atom. The minimum Gasteiger partial charge on any atom is -0.451 e. The summed E-state index contributed by atoms with van der Waals surface area (Å²) in [4.78, 5) is 25.0. The second kappa shape index (κ2) is 6.26. The quantitative estimate of drug-likeness (QED) is 0.632. The highest BCUT2D eigenvalue weighted by Crippen LogP contribution is 2.39. The SMILES string of the molecule is O=C(Nc1c(C(=O)C2CC2)oc2ccccc12)c1ccc(C(F)(F)F)cc1. The van der Waals surface area contributed by atoms with Gasteiger partial charge in [0.25, 0.3) is 5.91 Å². The van der Waals surface area contributed by atoms with E-state index in [1.165, 1.54) is 0 Å². The van der Waals surface area contributed by atoms with Crippen LogP contribution in [0.4, 0.5) is 18.9 Å². The lowest BCUT2D eigenvalue weighted by molar-refractivity contribution is -0.137. The van der Waals surface area contributed by atoms with Gasteiger partial charge in [0.1, 0.15) is 5.58 Å². The highest BCUT2D eigenvalue weighted by Gasteiger charge is 2.35. The van der Waals surface area contributed by atoms with E-state index < -0.39 is 17.6 Å². The molecule has 7 heteroatoms. The van der Waals surface area contributed by atoms with Crippen LogP contribution in [0.2, 0.25) is 0 Å². The molecule has 1 saturated carbocycles. The summed E-state index contributed by atoms with van der Waals surface area (Å²) in [5.74, 6) is -0.805. The topological polar surface area (TPSA) is 59.3 Å². The van der Waals surface area contributed by atoms with Crippen LogP contribution in [-0.4, -0.2) is 11.7 Å². The molecule has 0 aliphatic heterocycles. The Morgan fingerprint density at radius 1 is 1.00 bits per heavy atom.